The van der Waals surface area contributed by atoms with Gasteiger partial charge in [0.05, 0.1) is 0 Å². The molecule has 0 amide bonds. The molecule has 0 nitrogen and oxygen atoms in total. The molecule has 0 saturated carbocycles. The van der Waals surface area contributed by atoms with Crippen LogP contribution < -0.4 is 0 Å². The minimum Gasteiger partial charge on any atom is -0.0990 e. The van der Waals surface area contributed by atoms with E-state index in [4.69, 9.17) is 11.6 Å². The number of halogens is 1. The summed E-state index contributed by atoms with van der Waals surface area (Å²) in [7, 11) is 0. The first-order valence-electron chi connectivity index (χ1n) is 5.50. The molecular formula is C15H21Cl. The first-order chi connectivity index (χ1) is 7.51. The molecule has 0 atom stereocenters. The molecule has 88 valence electrons. The van der Waals surface area contributed by atoms with E-state index < -0.39 is 0 Å². The summed E-state index contributed by atoms with van der Waals surface area (Å²) >= 11 is 6.04. The van der Waals surface area contributed by atoms with Crippen molar-refractivity contribution in [1.29, 1.82) is 0 Å². The molecule has 0 radical (unpaired) electrons. The van der Waals surface area contributed by atoms with Crippen LogP contribution in [0.2, 0.25) is 0 Å². The highest BCUT2D eigenvalue weighted by Crippen LogP contribution is 2.22. The third-order valence-electron chi connectivity index (χ3n) is 2.15. The minimum atomic E-state index is 0.687. The Morgan fingerprint density at radius 3 is 2.25 bits per heavy atom. The van der Waals surface area contributed by atoms with Gasteiger partial charge in [0, 0.05) is 5.03 Å². The fourth-order valence-electron chi connectivity index (χ4n) is 1.17. The summed E-state index contributed by atoms with van der Waals surface area (Å²) in [6.07, 6.45) is 9.57. The van der Waals surface area contributed by atoms with Gasteiger partial charge < -0.3 is 0 Å². The van der Waals surface area contributed by atoms with E-state index in [1.54, 1.807) is 12.2 Å². The van der Waals surface area contributed by atoms with E-state index in [-0.39, 0.29) is 0 Å². The third kappa shape index (κ3) is 6.47. The SMILES string of the molecule is C=C/C=C(/Cl)C(=C)C/C(=C/C=C(C)C)CC. The van der Waals surface area contributed by atoms with Gasteiger partial charge >= 0.3 is 0 Å². The van der Waals surface area contributed by atoms with Gasteiger partial charge in [-0.15, -0.1) is 0 Å². The first kappa shape index (κ1) is 15.0. The molecule has 0 aliphatic carbocycles. The minimum absolute atomic E-state index is 0.687. The monoisotopic (exact) mass is 236 g/mol. The molecule has 0 aliphatic heterocycles. The van der Waals surface area contributed by atoms with Gasteiger partial charge in [-0.1, -0.05) is 61.1 Å². The van der Waals surface area contributed by atoms with Gasteiger partial charge in [-0.05, 0) is 38.3 Å². The average Bonchev–Trinajstić information content (AvgIpc) is 2.23. The summed E-state index contributed by atoms with van der Waals surface area (Å²) in [5.41, 5.74) is 3.57. The van der Waals surface area contributed by atoms with Gasteiger partial charge in [-0.25, -0.2) is 0 Å². The van der Waals surface area contributed by atoms with Crippen LogP contribution >= 0.6 is 11.6 Å². The Morgan fingerprint density at radius 2 is 1.81 bits per heavy atom. The van der Waals surface area contributed by atoms with Crippen LogP contribution in [0.4, 0.5) is 0 Å². The lowest BCUT2D eigenvalue weighted by atomic mass is 10.0. The van der Waals surface area contributed by atoms with Crippen molar-refractivity contribution in [2.24, 2.45) is 0 Å². The van der Waals surface area contributed by atoms with Gasteiger partial charge in [0.1, 0.15) is 0 Å². The van der Waals surface area contributed by atoms with E-state index in [2.05, 4.69) is 46.1 Å². The van der Waals surface area contributed by atoms with Crippen LogP contribution in [0, 0.1) is 0 Å². The normalized spacial score (nSPS) is 12.2. The largest absolute Gasteiger partial charge is 0.0990 e. The van der Waals surface area contributed by atoms with Crippen LogP contribution in [0.1, 0.15) is 33.6 Å². The lowest BCUT2D eigenvalue weighted by Gasteiger charge is -2.06. The zero-order valence-corrected chi connectivity index (χ0v) is 11.3. The highest BCUT2D eigenvalue weighted by Gasteiger charge is 2.01. The molecule has 0 heterocycles. The molecule has 0 aromatic rings. The molecule has 1 heteroatoms. The summed E-state index contributed by atoms with van der Waals surface area (Å²) in [6.45, 7) is 13.9. The topological polar surface area (TPSA) is 0 Å². The molecule has 0 aromatic heterocycles. The summed E-state index contributed by atoms with van der Waals surface area (Å²) in [5.74, 6) is 0. The van der Waals surface area contributed by atoms with Crippen molar-refractivity contribution in [3.8, 4) is 0 Å². The molecule has 0 unspecified atom stereocenters. The van der Waals surface area contributed by atoms with Crippen molar-refractivity contribution in [3.63, 3.8) is 0 Å². The van der Waals surface area contributed by atoms with Crippen LogP contribution in [0.15, 0.2) is 59.2 Å². The quantitative estimate of drug-likeness (QED) is 0.531. The van der Waals surface area contributed by atoms with E-state index in [0.717, 1.165) is 18.4 Å². The summed E-state index contributed by atoms with van der Waals surface area (Å²) in [4.78, 5) is 0. The van der Waals surface area contributed by atoms with E-state index >= 15 is 0 Å². The zero-order valence-electron chi connectivity index (χ0n) is 10.5. The number of rotatable bonds is 6. The average molecular weight is 237 g/mol. The van der Waals surface area contributed by atoms with Gasteiger partial charge in [0.2, 0.25) is 0 Å². The van der Waals surface area contributed by atoms with Crippen LogP contribution in [-0.4, -0.2) is 0 Å². The summed E-state index contributed by atoms with van der Waals surface area (Å²) in [5, 5.41) is 0.687. The first-order valence-corrected chi connectivity index (χ1v) is 5.88. The molecule has 0 spiro atoms. The fraction of sp³-hybridized carbons (Fsp3) is 0.333. The second-order valence-corrected chi connectivity index (χ2v) is 4.36. The van der Waals surface area contributed by atoms with Gasteiger partial charge in [-0.2, -0.15) is 0 Å². The maximum absolute atomic E-state index is 6.04. The molecule has 0 N–H and O–H groups in total. The van der Waals surface area contributed by atoms with Gasteiger partial charge in [0.25, 0.3) is 0 Å². The molecule has 0 fully saturated rings. The second-order valence-electron chi connectivity index (χ2n) is 3.95. The van der Waals surface area contributed by atoms with E-state index in [9.17, 15) is 0 Å². The van der Waals surface area contributed by atoms with Crippen LogP contribution in [0.3, 0.4) is 0 Å². The molecular weight excluding hydrogens is 216 g/mol. The molecule has 0 aromatic carbocycles. The van der Waals surface area contributed by atoms with Crippen LogP contribution in [0.5, 0.6) is 0 Å². The number of hydrogen-bond donors (Lipinski definition) is 0. The van der Waals surface area contributed by atoms with Crippen molar-refractivity contribution in [2.45, 2.75) is 33.6 Å². The zero-order chi connectivity index (χ0) is 12.6. The maximum atomic E-state index is 6.04. The van der Waals surface area contributed by atoms with E-state index in [1.807, 2.05) is 0 Å². The summed E-state index contributed by atoms with van der Waals surface area (Å²) in [6, 6.07) is 0. The number of hydrogen-bond acceptors (Lipinski definition) is 0. The van der Waals surface area contributed by atoms with E-state index in [1.165, 1.54) is 11.1 Å². The third-order valence-corrected chi connectivity index (χ3v) is 2.54. The molecule has 0 bridgehead atoms. The van der Waals surface area contributed by atoms with Crippen molar-refractivity contribution in [2.75, 3.05) is 0 Å². The Morgan fingerprint density at radius 1 is 1.19 bits per heavy atom. The smallest absolute Gasteiger partial charge is 0.0435 e. The van der Waals surface area contributed by atoms with E-state index in [0.29, 0.717) is 5.03 Å². The number of allylic oxidation sites excluding steroid dienone is 8. The van der Waals surface area contributed by atoms with Gasteiger partial charge in [-0.3, -0.25) is 0 Å². The standard InChI is InChI=1S/C15H21Cl/c1-6-8-15(16)13(5)11-14(7-2)10-9-12(3)4/h6,8-10H,1,5,7,11H2,2-4H3/b14-10+,15-8+. The molecule has 0 rings (SSSR count). The van der Waals surface area contributed by atoms with Crippen molar-refractivity contribution >= 4 is 11.6 Å². The predicted octanol–water partition coefficient (Wildman–Crippen LogP) is 5.54. The molecule has 0 aliphatic rings. The Hall–Kier alpha value is -1.01. The summed E-state index contributed by atoms with van der Waals surface area (Å²) < 4.78 is 0. The highest BCUT2D eigenvalue weighted by molar-refractivity contribution is 6.32. The highest BCUT2D eigenvalue weighted by atomic mass is 35.5. The molecule has 16 heavy (non-hydrogen) atoms. The van der Waals surface area contributed by atoms with Crippen LogP contribution in [-0.2, 0) is 0 Å². The predicted molar refractivity (Wildman–Crippen MR) is 75.7 cm³/mol. The van der Waals surface area contributed by atoms with Crippen molar-refractivity contribution in [1.82, 2.24) is 0 Å². The Labute approximate surface area is 105 Å². The van der Waals surface area contributed by atoms with Gasteiger partial charge in [0.15, 0.2) is 0 Å². The van der Waals surface area contributed by atoms with Crippen molar-refractivity contribution in [3.05, 3.63) is 59.2 Å². The van der Waals surface area contributed by atoms with Crippen molar-refractivity contribution < 1.29 is 0 Å². The Kier molecular flexibility index (Phi) is 7.66. The van der Waals surface area contributed by atoms with Crippen LogP contribution in [0.25, 0.3) is 0 Å². The lowest BCUT2D eigenvalue weighted by molar-refractivity contribution is 1.01. The Balaban J connectivity index is 4.62. The Bertz CT molecular complexity index is 336. The molecule has 0 saturated heterocycles. The lowest BCUT2D eigenvalue weighted by Crippen LogP contribution is -1.86. The second kappa shape index (κ2) is 8.18. The maximum Gasteiger partial charge on any atom is 0.0435 e. The fourth-order valence-corrected chi connectivity index (χ4v) is 1.32.